The number of carbonyl (C=O) groups is 2. The highest BCUT2D eigenvalue weighted by Crippen LogP contribution is 2.27. The smallest absolute Gasteiger partial charge is 0.267 e. The molecule has 0 radical (unpaired) electrons. The summed E-state index contributed by atoms with van der Waals surface area (Å²) in [6, 6.07) is 9.68. The van der Waals surface area contributed by atoms with Gasteiger partial charge in [-0.1, -0.05) is 30.3 Å². The summed E-state index contributed by atoms with van der Waals surface area (Å²) < 4.78 is 0. The third-order valence-electron chi connectivity index (χ3n) is 3.79. The zero-order chi connectivity index (χ0) is 14.7. The minimum absolute atomic E-state index is 0.0300. The van der Waals surface area contributed by atoms with E-state index in [1.807, 2.05) is 30.3 Å². The number of benzene rings is 1. The molecule has 0 aromatic heterocycles. The minimum Gasteiger partial charge on any atom is -0.351 e. The molecular formula is C16H19N3O2. The summed E-state index contributed by atoms with van der Waals surface area (Å²) >= 11 is 0. The van der Waals surface area contributed by atoms with Gasteiger partial charge in [0.1, 0.15) is 5.71 Å². The fourth-order valence-corrected chi connectivity index (χ4v) is 2.31. The van der Waals surface area contributed by atoms with Crippen LogP contribution < -0.4 is 5.32 Å². The molecule has 1 aliphatic heterocycles. The standard InChI is InChI=1S/C16H19N3O2/c20-15-9-8-14(16(21)17-10-12-6-7-12)18-19(15)11-13-4-2-1-3-5-13/h1-5,12H,6-11H2,(H,17,21). The summed E-state index contributed by atoms with van der Waals surface area (Å²) in [5.74, 6) is 0.477. The first-order valence-electron chi connectivity index (χ1n) is 7.42. The zero-order valence-corrected chi connectivity index (χ0v) is 11.9. The van der Waals surface area contributed by atoms with Crippen LogP contribution in [-0.4, -0.2) is 29.1 Å². The number of carbonyl (C=O) groups excluding carboxylic acids is 2. The lowest BCUT2D eigenvalue weighted by molar-refractivity contribution is -0.132. The van der Waals surface area contributed by atoms with Crippen molar-refractivity contribution in [1.29, 1.82) is 0 Å². The Hall–Kier alpha value is -2.17. The Morgan fingerprint density at radius 2 is 2.00 bits per heavy atom. The summed E-state index contributed by atoms with van der Waals surface area (Å²) in [6.45, 7) is 1.14. The van der Waals surface area contributed by atoms with E-state index in [4.69, 9.17) is 0 Å². The van der Waals surface area contributed by atoms with E-state index in [1.165, 1.54) is 17.9 Å². The molecule has 0 saturated heterocycles. The third-order valence-corrected chi connectivity index (χ3v) is 3.79. The molecule has 1 aliphatic carbocycles. The van der Waals surface area contributed by atoms with Crippen molar-refractivity contribution in [1.82, 2.24) is 10.3 Å². The van der Waals surface area contributed by atoms with Gasteiger partial charge in [0.15, 0.2) is 0 Å². The molecule has 110 valence electrons. The molecule has 0 bridgehead atoms. The highest BCUT2D eigenvalue weighted by molar-refractivity contribution is 6.39. The molecular weight excluding hydrogens is 266 g/mol. The number of nitrogens with one attached hydrogen (secondary N) is 1. The molecule has 1 saturated carbocycles. The zero-order valence-electron chi connectivity index (χ0n) is 11.9. The van der Waals surface area contributed by atoms with Gasteiger partial charge in [0.2, 0.25) is 5.91 Å². The van der Waals surface area contributed by atoms with E-state index in [0.29, 0.717) is 31.0 Å². The lowest BCUT2D eigenvalue weighted by Gasteiger charge is -2.23. The molecule has 1 fully saturated rings. The van der Waals surface area contributed by atoms with Crippen LogP contribution in [0.4, 0.5) is 0 Å². The van der Waals surface area contributed by atoms with Crippen LogP contribution in [0.1, 0.15) is 31.2 Å². The highest BCUT2D eigenvalue weighted by atomic mass is 16.2. The predicted molar refractivity (Wildman–Crippen MR) is 79.4 cm³/mol. The first-order chi connectivity index (χ1) is 10.2. The predicted octanol–water partition coefficient (Wildman–Crippen LogP) is 1.69. The third kappa shape index (κ3) is 3.68. The number of amides is 2. The monoisotopic (exact) mass is 285 g/mol. The average Bonchev–Trinajstić information content (AvgIpc) is 3.32. The van der Waals surface area contributed by atoms with Crippen molar-refractivity contribution in [2.75, 3.05) is 6.54 Å². The first-order valence-corrected chi connectivity index (χ1v) is 7.42. The van der Waals surface area contributed by atoms with Gasteiger partial charge < -0.3 is 5.32 Å². The maximum Gasteiger partial charge on any atom is 0.267 e. The van der Waals surface area contributed by atoms with Gasteiger partial charge in [-0.15, -0.1) is 0 Å². The fraction of sp³-hybridized carbons (Fsp3) is 0.438. The molecule has 3 rings (SSSR count). The Labute approximate surface area is 124 Å². The Bertz CT molecular complexity index is 564. The summed E-state index contributed by atoms with van der Waals surface area (Å²) in [7, 11) is 0. The van der Waals surface area contributed by atoms with Crippen LogP contribution in [-0.2, 0) is 16.1 Å². The fourth-order valence-electron chi connectivity index (χ4n) is 2.31. The van der Waals surface area contributed by atoms with Crippen molar-refractivity contribution in [3.8, 4) is 0 Å². The largest absolute Gasteiger partial charge is 0.351 e. The van der Waals surface area contributed by atoms with E-state index < -0.39 is 0 Å². The molecule has 5 nitrogen and oxygen atoms in total. The maximum absolute atomic E-state index is 12.1. The summed E-state index contributed by atoms with van der Waals surface area (Å²) in [5, 5.41) is 8.56. The molecule has 5 heteroatoms. The van der Waals surface area contributed by atoms with E-state index in [1.54, 1.807) is 0 Å². The number of nitrogens with zero attached hydrogens (tertiary/aromatic N) is 2. The molecule has 1 heterocycles. The average molecular weight is 285 g/mol. The number of hydrogen-bond acceptors (Lipinski definition) is 3. The van der Waals surface area contributed by atoms with Gasteiger partial charge >= 0.3 is 0 Å². The molecule has 1 N–H and O–H groups in total. The van der Waals surface area contributed by atoms with Crippen LogP contribution in [0.2, 0.25) is 0 Å². The van der Waals surface area contributed by atoms with Crippen molar-refractivity contribution in [2.24, 2.45) is 11.0 Å². The van der Waals surface area contributed by atoms with Gasteiger partial charge in [0.25, 0.3) is 5.91 Å². The van der Waals surface area contributed by atoms with Crippen molar-refractivity contribution in [3.63, 3.8) is 0 Å². The Morgan fingerprint density at radius 1 is 1.24 bits per heavy atom. The van der Waals surface area contributed by atoms with Crippen LogP contribution in [0.3, 0.4) is 0 Å². The number of hydrazone groups is 1. The van der Waals surface area contributed by atoms with Crippen LogP contribution in [0, 0.1) is 5.92 Å². The second-order valence-electron chi connectivity index (χ2n) is 5.64. The van der Waals surface area contributed by atoms with Gasteiger partial charge in [0.05, 0.1) is 6.54 Å². The first kappa shape index (κ1) is 13.8. The van der Waals surface area contributed by atoms with Gasteiger partial charge in [-0.25, -0.2) is 5.01 Å². The highest BCUT2D eigenvalue weighted by Gasteiger charge is 2.26. The van der Waals surface area contributed by atoms with Crippen LogP contribution >= 0.6 is 0 Å². The number of hydrogen-bond donors (Lipinski definition) is 1. The van der Waals surface area contributed by atoms with Gasteiger partial charge in [0, 0.05) is 19.4 Å². The lowest BCUT2D eigenvalue weighted by atomic mass is 10.1. The van der Waals surface area contributed by atoms with Gasteiger partial charge in [-0.3, -0.25) is 9.59 Å². The summed E-state index contributed by atoms with van der Waals surface area (Å²) in [5.41, 5.74) is 1.47. The Balaban J connectivity index is 1.65. The molecule has 0 spiro atoms. The minimum atomic E-state index is -0.132. The van der Waals surface area contributed by atoms with Crippen molar-refractivity contribution < 1.29 is 9.59 Å². The molecule has 2 aliphatic rings. The van der Waals surface area contributed by atoms with Crippen LogP contribution in [0.5, 0.6) is 0 Å². The SMILES string of the molecule is O=C(NCC1CC1)C1=NN(Cc2ccccc2)C(=O)CC1. The van der Waals surface area contributed by atoms with E-state index in [0.717, 1.165) is 12.1 Å². The molecule has 2 amide bonds. The molecule has 1 aromatic rings. The second-order valence-corrected chi connectivity index (χ2v) is 5.64. The van der Waals surface area contributed by atoms with E-state index in [9.17, 15) is 9.59 Å². The van der Waals surface area contributed by atoms with Gasteiger partial charge in [-0.05, 0) is 24.3 Å². The normalized spacial score (nSPS) is 18.4. The van der Waals surface area contributed by atoms with E-state index in [2.05, 4.69) is 10.4 Å². The second kappa shape index (κ2) is 6.08. The van der Waals surface area contributed by atoms with E-state index in [-0.39, 0.29) is 11.8 Å². The quantitative estimate of drug-likeness (QED) is 0.895. The lowest BCUT2D eigenvalue weighted by Crippen LogP contribution is -2.39. The summed E-state index contributed by atoms with van der Waals surface area (Å²) in [4.78, 5) is 24.0. The molecule has 0 unspecified atom stereocenters. The van der Waals surface area contributed by atoms with Crippen molar-refractivity contribution in [3.05, 3.63) is 35.9 Å². The Morgan fingerprint density at radius 3 is 2.71 bits per heavy atom. The summed E-state index contributed by atoms with van der Waals surface area (Å²) in [6.07, 6.45) is 3.18. The molecule has 0 atom stereocenters. The van der Waals surface area contributed by atoms with Crippen LogP contribution in [0.25, 0.3) is 0 Å². The molecule has 1 aromatic carbocycles. The maximum atomic E-state index is 12.1. The molecule has 21 heavy (non-hydrogen) atoms. The Kier molecular flexibility index (Phi) is 3.99. The van der Waals surface area contributed by atoms with Gasteiger partial charge in [-0.2, -0.15) is 5.10 Å². The van der Waals surface area contributed by atoms with E-state index >= 15 is 0 Å². The van der Waals surface area contributed by atoms with Crippen molar-refractivity contribution >= 4 is 17.5 Å². The van der Waals surface area contributed by atoms with Crippen molar-refractivity contribution in [2.45, 2.75) is 32.2 Å². The topological polar surface area (TPSA) is 61.8 Å². The van der Waals surface area contributed by atoms with Crippen LogP contribution in [0.15, 0.2) is 35.4 Å². The number of rotatable bonds is 5.